The van der Waals surface area contributed by atoms with E-state index in [2.05, 4.69) is 32.9 Å². The number of amides is 1. The Morgan fingerprint density at radius 3 is 2.64 bits per heavy atom. The molecule has 0 unspecified atom stereocenters. The topological polar surface area (TPSA) is 72.7 Å². The molecule has 6 nitrogen and oxygen atoms in total. The third kappa shape index (κ3) is 3.69. The van der Waals surface area contributed by atoms with Crippen LogP contribution in [0.25, 0.3) is 0 Å². The first-order chi connectivity index (χ1) is 10.8. The molecule has 0 bridgehead atoms. The molecule has 116 valence electrons. The lowest BCUT2D eigenvalue weighted by molar-refractivity contribution is 0.0951. The van der Waals surface area contributed by atoms with Gasteiger partial charge in [0.2, 0.25) is 0 Å². The highest BCUT2D eigenvalue weighted by Crippen LogP contribution is 2.32. The van der Waals surface area contributed by atoms with E-state index in [9.17, 15) is 4.79 Å². The zero-order valence-corrected chi connectivity index (χ0v) is 12.6. The van der Waals surface area contributed by atoms with E-state index >= 15 is 0 Å². The van der Waals surface area contributed by atoms with Crippen LogP contribution in [0.3, 0.4) is 0 Å². The molecule has 6 heteroatoms. The Morgan fingerprint density at radius 2 is 1.95 bits per heavy atom. The maximum Gasteiger partial charge on any atom is 0.251 e. The van der Waals surface area contributed by atoms with Gasteiger partial charge < -0.3 is 5.32 Å². The van der Waals surface area contributed by atoms with Gasteiger partial charge in [-0.1, -0.05) is 31.4 Å². The second kappa shape index (κ2) is 7.15. The first-order valence-corrected chi connectivity index (χ1v) is 7.92. The minimum atomic E-state index is -0.0599. The summed E-state index contributed by atoms with van der Waals surface area (Å²) < 4.78 is 0. The third-order valence-corrected chi connectivity index (χ3v) is 4.24. The molecule has 2 aromatic rings. The summed E-state index contributed by atoms with van der Waals surface area (Å²) in [5.41, 5.74) is 2.06. The van der Waals surface area contributed by atoms with E-state index in [1.165, 1.54) is 48.8 Å². The molecule has 1 fully saturated rings. The average Bonchev–Trinajstić information content (AvgIpc) is 3.09. The first kappa shape index (κ1) is 14.7. The van der Waals surface area contributed by atoms with Gasteiger partial charge in [-0.3, -0.25) is 4.79 Å². The van der Waals surface area contributed by atoms with Crippen molar-refractivity contribution in [2.75, 3.05) is 6.54 Å². The van der Waals surface area contributed by atoms with Crippen LogP contribution in [0.15, 0.2) is 30.6 Å². The lowest BCUT2D eigenvalue weighted by Gasteiger charge is -2.22. The zero-order valence-electron chi connectivity index (χ0n) is 12.6. The number of carbonyl (C=O) groups is 1. The van der Waals surface area contributed by atoms with Crippen molar-refractivity contribution < 1.29 is 4.79 Å². The summed E-state index contributed by atoms with van der Waals surface area (Å²) in [5.74, 6) is 0.611. The Kier molecular flexibility index (Phi) is 4.78. The van der Waals surface area contributed by atoms with Crippen molar-refractivity contribution in [3.63, 3.8) is 0 Å². The molecule has 22 heavy (non-hydrogen) atoms. The first-order valence-electron chi connectivity index (χ1n) is 7.92. The van der Waals surface area contributed by atoms with Crippen LogP contribution >= 0.6 is 0 Å². The highest BCUT2D eigenvalue weighted by Gasteiger charge is 2.15. The molecule has 0 radical (unpaired) electrons. The largest absolute Gasteiger partial charge is 0.350 e. The fourth-order valence-corrected chi connectivity index (χ4v) is 3.01. The van der Waals surface area contributed by atoms with Crippen LogP contribution < -0.4 is 5.32 Å². The highest BCUT2D eigenvalue weighted by molar-refractivity contribution is 5.94. The fourth-order valence-electron chi connectivity index (χ4n) is 3.01. The number of nitrogens with one attached hydrogen (secondary N) is 1. The van der Waals surface area contributed by atoms with Crippen LogP contribution in [0.4, 0.5) is 0 Å². The van der Waals surface area contributed by atoms with Gasteiger partial charge in [0, 0.05) is 12.1 Å². The van der Waals surface area contributed by atoms with Crippen molar-refractivity contribution in [1.29, 1.82) is 0 Å². The minimum Gasteiger partial charge on any atom is -0.350 e. The number of benzene rings is 1. The number of nitrogens with zero attached hydrogens (tertiary/aromatic N) is 4. The molecule has 1 amide bonds. The number of tetrazole rings is 1. The fraction of sp³-hybridized carbons (Fsp3) is 0.500. The normalized spacial score (nSPS) is 15.6. The molecule has 0 spiro atoms. The van der Waals surface area contributed by atoms with Gasteiger partial charge in [-0.05, 0) is 41.7 Å². The van der Waals surface area contributed by atoms with Gasteiger partial charge in [0.1, 0.15) is 0 Å². The Bertz CT molecular complexity index is 588. The predicted molar refractivity (Wildman–Crippen MR) is 82.4 cm³/mol. The molecular weight excluding hydrogens is 278 g/mol. The maximum atomic E-state index is 12.1. The van der Waals surface area contributed by atoms with Crippen molar-refractivity contribution in [3.8, 4) is 0 Å². The molecule has 1 aromatic heterocycles. The minimum absolute atomic E-state index is 0.0599. The van der Waals surface area contributed by atoms with Gasteiger partial charge in [0.15, 0.2) is 6.33 Å². The van der Waals surface area contributed by atoms with E-state index < -0.39 is 0 Å². The molecule has 1 aliphatic rings. The van der Waals surface area contributed by atoms with Crippen molar-refractivity contribution in [3.05, 3.63) is 41.7 Å². The van der Waals surface area contributed by atoms with Crippen LogP contribution in [-0.4, -0.2) is 32.7 Å². The van der Waals surface area contributed by atoms with Gasteiger partial charge >= 0.3 is 0 Å². The van der Waals surface area contributed by atoms with Crippen molar-refractivity contribution >= 4 is 5.91 Å². The molecule has 0 aliphatic heterocycles. The summed E-state index contributed by atoms with van der Waals surface area (Å²) in [6.07, 6.45) is 7.93. The summed E-state index contributed by atoms with van der Waals surface area (Å²) in [5, 5.41) is 14.1. The van der Waals surface area contributed by atoms with Gasteiger partial charge in [-0.25, -0.2) is 0 Å². The second-order valence-electron chi connectivity index (χ2n) is 5.74. The molecular formula is C16H21N5O. The SMILES string of the molecule is O=C(NCCn1ncnn1)c1ccc(C2CCCCC2)cc1. The van der Waals surface area contributed by atoms with Crippen molar-refractivity contribution in [1.82, 2.24) is 25.5 Å². The third-order valence-electron chi connectivity index (χ3n) is 4.24. The molecule has 1 heterocycles. The van der Waals surface area contributed by atoms with Crippen molar-refractivity contribution in [2.24, 2.45) is 0 Å². The van der Waals surface area contributed by atoms with Gasteiger partial charge in [0.25, 0.3) is 5.91 Å². The van der Waals surface area contributed by atoms with E-state index in [-0.39, 0.29) is 5.91 Å². The Hall–Kier alpha value is -2.24. The molecule has 1 N–H and O–H groups in total. The van der Waals surface area contributed by atoms with Crippen LogP contribution in [-0.2, 0) is 6.54 Å². The Balaban J connectivity index is 1.51. The van der Waals surface area contributed by atoms with Gasteiger partial charge in [-0.2, -0.15) is 4.80 Å². The summed E-state index contributed by atoms with van der Waals surface area (Å²) in [6.45, 7) is 1.01. The molecule has 0 atom stereocenters. The molecule has 0 saturated heterocycles. The van der Waals surface area contributed by atoms with Gasteiger partial charge in [-0.15, -0.1) is 10.2 Å². The van der Waals surface area contributed by atoms with Crippen LogP contribution in [0.5, 0.6) is 0 Å². The van der Waals surface area contributed by atoms with E-state index in [0.29, 0.717) is 24.6 Å². The average molecular weight is 299 g/mol. The van der Waals surface area contributed by atoms with Crippen LogP contribution in [0.1, 0.15) is 53.9 Å². The lowest BCUT2D eigenvalue weighted by atomic mass is 9.84. The van der Waals surface area contributed by atoms with E-state index in [1.54, 1.807) is 0 Å². The number of aromatic nitrogens is 4. The van der Waals surface area contributed by atoms with Crippen molar-refractivity contribution in [2.45, 2.75) is 44.6 Å². The second-order valence-corrected chi connectivity index (χ2v) is 5.74. The van der Waals surface area contributed by atoms with Gasteiger partial charge in [0.05, 0.1) is 6.54 Å². The number of hydrogen-bond donors (Lipinski definition) is 1. The number of hydrogen-bond acceptors (Lipinski definition) is 4. The number of rotatable bonds is 5. The summed E-state index contributed by atoms with van der Waals surface area (Å²) in [7, 11) is 0. The Morgan fingerprint density at radius 1 is 1.18 bits per heavy atom. The van der Waals surface area contributed by atoms with E-state index in [0.717, 1.165) is 0 Å². The smallest absolute Gasteiger partial charge is 0.251 e. The monoisotopic (exact) mass is 299 g/mol. The molecule has 1 saturated carbocycles. The van der Waals surface area contributed by atoms with Crippen LogP contribution in [0.2, 0.25) is 0 Å². The zero-order chi connectivity index (χ0) is 15.2. The summed E-state index contributed by atoms with van der Waals surface area (Å²) in [6, 6.07) is 8.05. The number of carbonyl (C=O) groups excluding carboxylic acids is 1. The highest BCUT2D eigenvalue weighted by atomic mass is 16.1. The standard InChI is InChI=1S/C16H21N5O/c22-16(17-10-11-21-19-12-18-20-21)15-8-6-14(7-9-15)13-4-2-1-3-5-13/h6-9,12-13H,1-5,10-11H2,(H,17,22). The predicted octanol–water partition coefficient (Wildman–Crippen LogP) is 2.15. The van der Waals surface area contributed by atoms with Crippen LogP contribution in [0, 0.1) is 0 Å². The van der Waals surface area contributed by atoms with E-state index in [1.807, 2.05) is 12.1 Å². The summed E-state index contributed by atoms with van der Waals surface area (Å²) in [4.78, 5) is 13.5. The lowest BCUT2D eigenvalue weighted by Crippen LogP contribution is -2.27. The maximum absolute atomic E-state index is 12.1. The summed E-state index contributed by atoms with van der Waals surface area (Å²) >= 11 is 0. The molecule has 3 rings (SSSR count). The molecule has 1 aromatic carbocycles. The Labute approximate surface area is 129 Å². The quantitative estimate of drug-likeness (QED) is 0.918. The molecule has 1 aliphatic carbocycles. The van der Waals surface area contributed by atoms with E-state index in [4.69, 9.17) is 0 Å².